The summed E-state index contributed by atoms with van der Waals surface area (Å²) in [4.78, 5) is 10.6. The van der Waals surface area contributed by atoms with Crippen molar-refractivity contribution in [1.82, 2.24) is 9.97 Å². The van der Waals surface area contributed by atoms with Gasteiger partial charge in [-0.15, -0.1) is 0 Å². The van der Waals surface area contributed by atoms with Crippen LogP contribution >= 0.6 is 0 Å². The van der Waals surface area contributed by atoms with Crippen LogP contribution < -0.4 is 0 Å². The largest absolute Gasteiger partial charge is 0.244 e. The fourth-order valence-corrected chi connectivity index (χ4v) is 6.49. The number of para-hydroxylation sites is 1. The molecule has 1 aromatic heterocycles. The van der Waals surface area contributed by atoms with E-state index in [2.05, 4.69) is 135 Å². The van der Waals surface area contributed by atoms with Gasteiger partial charge in [0.25, 0.3) is 0 Å². The lowest BCUT2D eigenvalue weighted by Crippen LogP contribution is -2.15. The topological polar surface area (TPSA) is 25.8 Å². The van der Waals surface area contributed by atoms with Gasteiger partial charge >= 0.3 is 0 Å². The highest BCUT2D eigenvalue weighted by Crippen LogP contribution is 2.51. The van der Waals surface area contributed by atoms with Crippen molar-refractivity contribution in [3.05, 3.63) is 145 Å². The molecule has 2 heteroatoms. The molecule has 0 spiro atoms. The molecule has 194 valence electrons. The molecule has 0 fully saturated rings. The molecule has 0 amide bonds. The smallest absolute Gasteiger partial charge is 0.0973 e. The van der Waals surface area contributed by atoms with Gasteiger partial charge in [-0.05, 0) is 62.9 Å². The summed E-state index contributed by atoms with van der Waals surface area (Å²) in [6, 6.07) is 47.4. The predicted molar refractivity (Wildman–Crippen MR) is 171 cm³/mol. The van der Waals surface area contributed by atoms with Gasteiger partial charge in [-0.1, -0.05) is 123 Å². The van der Waals surface area contributed by atoms with E-state index in [-0.39, 0.29) is 5.41 Å². The standard InChI is InChI=1S/C39H28N2/c1-39(2)33-24-29(20-21-31(33)32-22-27-16-9-10-17-28(27)23-34(32)39)30-18-11-19-35-38(30)41-37(26-14-7-4-8-15-26)36(40-35)25-12-5-3-6-13-25/h3-24H,1-2H3. The van der Waals surface area contributed by atoms with Crippen LogP contribution in [0.4, 0.5) is 0 Å². The molecule has 1 aliphatic carbocycles. The lowest BCUT2D eigenvalue weighted by molar-refractivity contribution is 0.661. The first-order valence-corrected chi connectivity index (χ1v) is 14.2. The second-order valence-corrected chi connectivity index (χ2v) is 11.5. The normalized spacial score (nSPS) is 13.3. The van der Waals surface area contributed by atoms with E-state index < -0.39 is 0 Å². The summed E-state index contributed by atoms with van der Waals surface area (Å²) in [7, 11) is 0. The van der Waals surface area contributed by atoms with Crippen LogP contribution in [0.2, 0.25) is 0 Å². The molecule has 2 nitrogen and oxygen atoms in total. The maximum absolute atomic E-state index is 5.34. The van der Waals surface area contributed by atoms with Crippen LogP contribution in [0.15, 0.2) is 133 Å². The van der Waals surface area contributed by atoms with E-state index in [1.807, 2.05) is 12.1 Å². The van der Waals surface area contributed by atoms with Crippen LogP contribution in [0.5, 0.6) is 0 Å². The van der Waals surface area contributed by atoms with E-state index in [1.165, 1.54) is 38.6 Å². The Morgan fingerprint density at radius 2 is 1.05 bits per heavy atom. The molecular formula is C39H28N2. The van der Waals surface area contributed by atoms with Crippen LogP contribution in [-0.4, -0.2) is 9.97 Å². The number of fused-ring (bicyclic) bond motifs is 5. The molecule has 8 rings (SSSR count). The van der Waals surface area contributed by atoms with E-state index in [1.54, 1.807) is 0 Å². The number of rotatable bonds is 3. The Kier molecular flexibility index (Phi) is 5.20. The highest BCUT2D eigenvalue weighted by Gasteiger charge is 2.36. The first kappa shape index (κ1) is 23.8. The Balaban J connectivity index is 1.33. The van der Waals surface area contributed by atoms with Gasteiger partial charge in [0.1, 0.15) is 0 Å². The van der Waals surface area contributed by atoms with Crippen molar-refractivity contribution in [3.63, 3.8) is 0 Å². The second kappa shape index (κ2) is 8.97. The fourth-order valence-electron chi connectivity index (χ4n) is 6.49. The van der Waals surface area contributed by atoms with Gasteiger partial charge in [0.2, 0.25) is 0 Å². The quantitative estimate of drug-likeness (QED) is 0.230. The molecule has 6 aromatic carbocycles. The third-order valence-corrected chi connectivity index (χ3v) is 8.64. The molecule has 0 radical (unpaired) electrons. The zero-order valence-corrected chi connectivity index (χ0v) is 23.1. The van der Waals surface area contributed by atoms with Crippen molar-refractivity contribution in [2.45, 2.75) is 19.3 Å². The highest BCUT2D eigenvalue weighted by atomic mass is 14.8. The third kappa shape index (κ3) is 3.72. The summed E-state index contributed by atoms with van der Waals surface area (Å²) in [5.74, 6) is 0. The summed E-state index contributed by atoms with van der Waals surface area (Å²) >= 11 is 0. The Morgan fingerprint density at radius 1 is 0.439 bits per heavy atom. The molecule has 0 N–H and O–H groups in total. The molecule has 1 aliphatic rings. The molecule has 0 atom stereocenters. The lowest BCUT2D eigenvalue weighted by Gasteiger charge is -2.22. The van der Waals surface area contributed by atoms with Gasteiger partial charge in [-0.2, -0.15) is 0 Å². The van der Waals surface area contributed by atoms with Crippen LogP contribution in [0.1, 0.15) is 25.0 Å². The van der Waals surface area contributed by atoms with E-state index in [0.717, 1.165) is 39.1 Å². The number of aromatic nitrogens is 2. The van der Waals surface area contributed by atoms with Crippen LogP contribution in [0, 0.1) is 0 Å². The van der Waals surface area contributed by atoms with Crippen molar-refractivity contribution in [2.75, 3.05) is 0 Å². The minimum absolute atomic E-state index is 0.101. The summed E-state index contributed by atoms with van der Waals surface area (Å²) in [6.07, 6.45) is 0. The minimum Gasteiger partial charge on any atom is -0.244 e. The molecule has 1 heterocycles. The number of benzene rings is 6. The van der Waals surface area contributed by atoms with Crippen molar-refractivity contribution in [2.24, 2.45) is 0 Å². The molecule has 0 aliphatic heterocycles. The van der Waals surface area contributed by atoms with E-state index in [0.29, 0.717) is 0 Å². The molecule has 0 saturated carbocycles. The van der Waals surface area contributed by atoms with Gasteiger partial charge in [0.15, 0.2) is 0 Å². The lowest BCUT2D eigenvalue weighted by atomic mass is 9.81. The average molecular weight is 525 g/mol. The van der Waals surface area contributed by atoms with Crippen molar-refractivity contribution < 1.29 is 0 Å². The summed E-state index contributed by atoms with van der Waals surface area (Å²) in [6.45, 7) is 4.69. The first-order valence-electron chi connectivity index (χ1n) is 14.2. The molecular weight excluding hydrogens is 496 g/mol. The van der Waals surface area contributed by atoms with Gasteiger partial charge < -0.3 is 0 Å². The monoisotopic (exact) mass is 524 g/mol. The first-order chi connectivity index (χ1) is 20.1. The molecule has 0 bridgehead atoms. The minimum atomic E-state index is -0.101. The zero-order valence-electron chi connectivity index (χ0n) is 23.1. The Labute approximate surface area is 240 Å². The Morgan fingerprint density at radius 3 is 1.76 bits per heavy atom. The van der Waals surface area contributed by atoms with Crippen LogP contribution in [0.3, 0.4) is 0 Å². The van der Waals surface area contributed by atoms with E-state index in [4.69, 9.17) is 9.97 Å². The number of hydrogen-bond acceptors (Lipinski definition) is 2. The van der Waals surface area contributed by atoms with E-state index >= 15 is 0 Å². The van der Waals surface area contributed by atoms with Crippen LogP contribution in [-0.2, 0) is 5.41 Å². The second-order valence-electron chi connectivity index (χ2n) is 11.5. The molecule has 41 heavy (non-hydrogen) atoms. The SMILES string of the molecule is CC1(C)c2cc(-c3cccc4nc(-c5ccccc5)c(-c5ccccc5)nc34)ccc2-c2cc3ccccc3cc21. The van der Waals surface area contributed by atoms with E-state index in [9.17, 15) is 0 Å². The van der Waals surface area contributed by atoms with Gasteiger partial charge in [-0.3, -0.25) is 0 Å². The Bertz CT molecular complexity index is 2110. The zero-order chi connectivity index (χ0) is 27.6. The van der Waals surface area contributed by atoms with Crippen molar-refractivity contribution >= 4 is 21.8 Å². The van der Waals surface area contributed by atoms with Gasteiger partial charge in [0.05, 0.1) is 22.4 Å². The molecule has 0 saturated heterocycles. The third-order valence-electron chi connectivity index (χ3n) is 8.64. The average Bonchev–Trinajstić information content (AvgIpc) is 3.25. The fraction of sp³-hybridized carbons (Fsp3) is 0.0769. The summed E-state index contributed by atoms with van der Waals surface area (Å²) in [5.41, 5.74) is 13.3. The highest BCUT2D eigenvalue weighted by molar-refractivity contribution is 5.98. The number of hydrogen-bond donors (Lipinski definition) is 0. The van der Waals surface area contributed by atoms with Gasteiger partial charge in [0, 0.05) is 22.1 Å². The molecule has 7 aromatic rings. The number of nitrogens with zero attached hydrogens (tertiary/aromatic N) is 2. The predicted octanol–water partition coefficient (Wildman–Crippen LogP) is 10.1. The maximum Gasteiger partial charge on any atom is 0.0973 e. The Hall–Kier alpha value is -5.08. The summed E-state index contributed by atoms with van der Waals surface area (Å²) in [5, 5.41) is 2.57. The maximum atomic E-state index is 5.34. The van der Waals surface area contributed by atoms with Crippen LogP contribution in [0.25, 0.3) is 66.6 Å². The van der Waals surface area contributed by atoms with Gasteiger partial charge in [-0.25, -0.2) is 9.97 Å². The van der Waals surface area contributed by atoms with Crippen molar-refractivity contribution in [1.29, 1.82) is 0 Å². The summed E-state index contributed by atoms with van der Waals surface area (Å²) < 4.78 is 0. The van der Waals surface area contributed by atoms with Crippen molar-refractivity contribution in [3.8, 4) is 44.8 Å². The molecule has 0 unspecified atom stereocenters.